The summed E-state index contributed by atoms with van der Waals surface area (Å²) in [6.45, 7) is 1.30. The van der Waals surface area contributed by atoms with Gasteiger partial charge in [-0.25, -0.2) is 4.39 Å². The first kappa shape index (κ1) is 19.1. The second-order valence-corrected chi connectivity index (χ2v) is 8.49. The lowest BCUT2D eigenvalue weighted by Crippen LogP contribution is -2.52. The lowest BCUT2D eigenvalue weighted by Gasteiger charge is -2.38. The number of halogens is 2. The van der Waals surface area contributed by atoms with Gasteiger partial charge in [-0.15, -0.1) is 0 Å². The molecule has 0 radical (unpaired) electrons. The van der Waals surface area contributed by atoms with E-state index in [9.17, 15) is 14.0 Å². The normalized spacial score (nSPS) is 14.8. The molecule has 2 aliphatic heterocycles. The Kier molecular flexibility index (Phi) is 4.73. The van der Waals surface area contributed by atoms with Crippen LogP contribution >= 0.6 is 22.6 Å². The van der Waals surface area contributed by atoms with Crippen molar-refractivity contribution in [1.29, 1.82) is 0 Å². The summed E-state index contributed by atoms with van der Waals surface area (Å²) < 4.78 is 21.9. The first-order chi connectivity index (χ1) is 14.5. The number of amides is 1. The number of hydrogen-bond donors (Lipinski definition) is 0. The molecule has 0 saturated carbocycles. The zero-order chi connectivity index (χ0) is 20.8. The molecule has 0 unspecified atom stereocenters. The van der Waals surface area contributed by atoms with Crippen LogP contribution in [0.15, 0.2) is 59.5 Å². The van der Waals surface area contributed by atoms with E-state index in [0.29, 0.717) is 23.3 Å². The van der Waals surface area contributed by atoms with Crippen LogP contribution in [0.3, 0.4) is 0 Å². The van der Waals surface area contributed by atoms with Crippen molar-refractivity contribution >= 4 is 28.5 Å². The summed E-state index contributed by atoms with van der Waals surface area (Å²) in [6.07, 6.45) is 1.65. The highest BCUT2D eigenvalue weighted by molar-refractivity contribution is 14.1. The minimum atomic E-state index is -0.311. The highest BCUT2D eigenvalue weighted by Crippen LogP contribution is 2.29. The Morgan fingerprint density at radius 3 is 2.63 bits per heavy atom. The van der Waals surface area contributed by atoms with Crippen LogP contribution in [0.5, 0.6) is 5.75 Å². The Bertz CT molecular complexity index is 1210. The second kappa shape index (κ2) is 7.42. The predicted octanol–water partition coefficient (Wildman–Crippen LogP) is 3.24. The third-order valence-electron chi connectivity index (χ3n) is 5.34. The number of fused-ring (bicyclic) bond motifs is 5. The molecular weight excluding hydrogens is 500 g/mol. The minimum Gasteiger partial charge on any atom is -0.482 e. The molecule has 0 fully saturated rings. The molecule has 3 heterocycles. The van der Waals surface area contributed by atoms with Crippen LogP contribution in [-0.4, -0.2) is 22.2 Å². The Morgan fingerprint density at radius 2 is 1.83 bits per heavy atom. The Hall–Kier alpha value is -2.88. The summed E-state index contributed by atoms with van der Waals surface area (Å²) in [6, 6.07) is 14.1. The number of nitrogens with zero attached hydrogens (tertiary/aromatic N) is 3. The first-order valence-electron chi connectivity index (χ1n) is 9.45. The molecule has 2 aromatic carbocycles. The van der Waals surface area contributed by atoms with E-state index >= 15 is 0 Å². The molecule has 152 valence electrons. The molecule has 2 aliphatic rings. The number of aromatic nitrogens is 1. The summed E-state index contributed by atoms with van der Waals surface area (Å²) in [5.74, 6) is -0.545. The fraction of sp³-hybridized carbons (Fsp3) is 0.182. The van der Waals surface area contributed by atoms with Crippen molar-refractivity contribution < 1.29 is 13.9 Å². The Balaban J connectivity index is 1.60. The number of ether oxygens (including phenoxy) is 1. The summed E-state index contributed by atoms with van der Waals surface area (Å²) >= 11 is 1.96. The van der Waals surface area contributed by atoms with Gasteiger partial charge in [-0.2, -0.15) is 0 Å². The van der Waals surface area contributed by atoms with Gasteiger partial charge in [-0.1, -0.05) is 36.4 Å². The van der Waals surface area contributed by atoms with Crippen molar-refractivity contribution in [2.24, 2.45) is 0 Å². The summed E-state index contributed by atoms with van der Waals surface area (Å²) in [5.41, 5.74) is 2.51. The molecule has 30 heavy (non-hydrogen) atoms. The molecule has 6 nitrogen and oxygen atoms in total. The van der Waals surface area contributed by atoms with Crippen molar-refractivity contribution in [1.82, 2.24) is 9.58 Å². The van der Waals surface area contributed by atoms with Crippen LogP contribution in [0.4, 0.5) is 4.39 Å². The van der Waals surface area contributed by atoms with Crippen molar-refractivity contribution in [3.8, 4) is 5.75 Å². The fourth-order valence-electron chi connectivity index (χ4n) is 3.86. The molecule has 5 rings (SSSR count). The van der Waals surface area contributed by atoms with Crippen LogP contribution in [0.1, 0.15) is 27.2 Å². The number of carbonyl (C=O) groups excluding carboxylic acids is 1. The largest absolute Gasteiger partial charge is 0.482 e. The van der Waals surface area contributed by atoms with Crippen LogP contribution in [-0.2, 0) is 19.7 Å². The van der Waals surface area contributed by atoms with Gasteiger partial charge < -0.3 is 9.64 Å². The van der Waals surface area contributed by atoms with Crippen molar-refractivity contribution in [3.05, 3.63) is 96.7 Å². The van der Waals surface area contributed by atoms with E-state index in [-0.39, 0.29) is 35.2 Å². The number of carbonyl (C=O) groups is 1. The van der Waals surface area contributed by atoms with Gasteiger partial charge in [0.15, 0.2) is 11.4 Å². The molecule has 0 atom stereocenters. The highest BCUT2D eigenvalue weighted by Gasteiger charge is 2.36. The SMILES string of the molecule is O=C1c2c(OCc3ccccc3)c(=O)c(I)cn2N2Cc3cc(F)ccc3CN1C2. The average Bonchev–Trinajstić information content (AvgIpc) is 2.91. The van der Waals surface area contributed by atoms with Crippen LogP contribution in [0.25, 0.3) is 0 Å². The lowest BCUT2D eigenvalue weighted by atomic mass is 10.1. The molecule has 0 N–H and O–H groups in total. The summed E-state index contributed by atoms with van der Waals surface area (Å²) in [4.78, 5) is 27.9. The smallest absolute Gasteiger partial charge is 0.278 e. The molecule has 0 saturated heterocycles. The Labute approximate surface area is 185 Å². The monoisotopic (exact) mass is 517 g/mol. The summed E-state index contributed by atoms with van der Waals surface area (Å²) in [5, 5.41) is 1.92. The minimum absolute atomic E-state index is 0.0441. The van der Waals surface area contributed by atoms with Crippen LogP contribution in [0.2, 0.25) is 0 Å². The predicted molar refractivity (Wildman–Crippen MR) is 117 cm³/mol. The number of rotatable bonds is 3. The maximum atomic E-state index is 13.8. The van der Waals surface area contributed by atoms with Gasteiger partial charge >= 0.3 is 0 Å². The number of benzene rings is 2. The molecule has 1 amide bonds. The lowest BCUT2D eigenvalue weighted by molar-refractivity contribution is 0.0676. The molecule has 3 aromatic rings. The number of pyridine rings is 1. The van der Waals surface area contributed by atoms with Crippen LogP contribution in [0, 0.1) is 9.39 Å². The van der Waals surface area contributed by atoms with E-state index in [2.05, 4.69) is 0 Å². The molecule has 1 aromatic heterocycles. The van der Waals surface area contributed by atoms with Gasteiger partial charge in [0.2, 0.25) is 5.43 Å². The van der Waals surface area contributed by atoms with Gasteiger partial charge in [0, 0.05) is 12.7 Å². The van der Waals surface area contributed by atoms with E-state index in [1.54, 1.807) is 21.8 Å². The van der Waals surface area contributed by atoms with Gasteiger partial charge in [0.05, 0.1) is 10.1 Å². The van der Waals surface area contributed by atoms with Gasteiger partial charge in [-0.3, -0.25) is 19.3 Å². The third-order valence-corrected chi connectivity index (χ3v) is 6.11. The number of hydrogen-bond acceptors (Lipinski definition) is 4. The molecule has 2 bridgehead atoms. The van der Waals surface area contributed by atoms with Crippen molar-refractivity contribution in [2.75, 3.05) is 11.7 Å². The molecule has 0 spiro atoms. The molecular formula is C22H17FIN3O3. The fourth-order valence-corrected chi connectivity index (χ4v) is 4.37. The molecule has 0 aliphatic carbocycles. The van der Waals surface area contributed by atoms with E-state index < -0.39 is 0 Å². The molecule has 8 heteroatoms. The quantitative estimate of drug-likeness (QED) is 0.501. The van der Waals surface area contributed by atoms with E-state index in [4.69, 9.17) is 4.74 Å². The van der Waals surface area contributed by atoms with Gasteiger partial charge in [0.25, 0.3) is 5.91 Å². The average molecular weight is 517 g/mol. The summed E-state index contributed by atoms with van der Waals surface area (Å²) in [7, 11) is 0. The van der Waals surface area contributed by atoms with Crippen LogP contribution < -0.4 is 15.2 Å². The topological polar surface area (TPSA) is 54.8 Å². The highest BCUT2D eigenvalue weighted by atomic mass is 127. The van der Waals surface area contributed by atoms with Gasteiger partial charge in [-0.05, 0) is 51.4 Å². The Morgan fingerprint density at radius 1 is 1.03 bits per heavy atom. The zero-order valence-electron chi connectivity index (χ0n) is 15.8. The van der Waals surface area contributed by atoms with E-state index in [0.717, 1.165) is 16.7 Å². The first-order valence-corrected chi connectivity index (χ1v) is 10.5. The van der Waals surface area contributed by atoms with Crippen molar-refractivity contribution in [2.45, 2.75) is 19.7 Å². The van der Waals surface area contributed by atoms with E-state index in [1.807, 2.05) is 57.9 Å². The second-order valence-electron chi connectivity index (χ2n) is 7.32. The zero-order valence-corrected chi connectivity index (χ0v) is 18.0. The standard InChI is InChI=1S/C22H17FIN3O3/c23-17-7-6-15-9-25-13-26(10-16(15)8-17)27-11-18(24)20(28)21(19(27)22(25)29)30-12-14-4-2-1-3-5-14/h1-8,11H,9-10,12-13H2. The third kappa shape index (κ3) is 3.24. The van der Waals surface area contributed by atoms with Crippen molar-refractivity contribution in [3.63, 3.8) is 0 Å². The van der Waals surface area contributed by atoms with E-state index in [1.165, 1.54) is 12.1 Å². The van der Waals surface area contributed by atoms with Gasteiger partial charge in [0.1, 0.15) is 19.1 Å². The maximum Gasteiger partial charge on any atom is 0.278 e. The maximum absolute atomic E-state index is 13.8.